The van der Waals surface area contributed by atoms with Crippen LogP contribution >= 0.6 is 11.6 Å². The number of rotatable bonds is 5. The molecule has 8 heteroatoms. The monoisotopic (exact) mass is 379 g/mol. The van der Waals surface area contributed by atoms with Gasteiger partial charge in [-0.1, -0.05) is 11.6 Å². The van der Waals surface area contributed by atoms with Crippen LogP contribution in [0.25, 0.3) is 0 Å². The van der Waals surface area contributed by atoms with Crippen LogP contribution in [0.5, 0.6) is 5.75 Å². The smallest absolute Gasteiger partial charge is 0.310 e. The minimum Gasteiger partial charge on any atom is -0.495 e. The number of hydrogen-bond acceptors (Lipinski definition) is 6. The molecular weight excluding hydrogens is 362 g/mol. The van der Waals surface area contributed by atoms with Gasteiger partial charge in [0.2, 0.25) is 0 Å². The molecule has 26 heavy (non-hydrogen) atoms. The molecule has 7 nitrogen and oxygen atoms in total. The highest BCUT2D eigenvalue weighted by Crippen LogP contribution is 2.57. The van der Waals surface area contributed by atoms with Gasteiger partial charge in [-0.3, -0.25) is 14.4 Å². The van der Waals surface area contributed by atoms with Crippen molar-refractivity contribution >= 4 is 35.1 Å². The molecule has 2 aliphatic carbocycles. The van der Waals surface area contributed by atoms with E-state index in [0.29, 0.717) is 22.9 Å². The van der Waals surface area contributed by atoms with Crippen LogP contribution in [-0.2, 0) is 23.9 Å². The first-order valence-electron chi connectivity index (χ1n) is 8.48. The van der Waals surface area contributed by atoms with Crippen molar-refractivity contribution in [2.24, 2.45) is 23.7 Å². The lowest BCUT2D eigenvalue weighted by Gasteiger charge is -2.22. The molecule has 1 aromatic carbocycles. The molecule has 138 valence electrons. The molecule has 2 saturated carbocycles. The number of carbonyl (C=O) groups is 3. The summed E-state index contributed by atoms with van der Waals surface area (Å²) in [5, 5.41) is 3.05. The number of ether oxygens (including phenoxy) is 3. The Labute approximate surface area is 154 Å². The second-order valence-electron chi connectivity index (χ2n) is 6.92. The number of nitrogens with one attached hydrogen (secondary N) is 1. The maximum atomic E-state index is 12.4. The van der Waals surface area contributed by atoms with Crippen LogP contribution in [0.15, 0.2) is 18.2 Å². The van der Waals surface area contributed by atoms with Gasteiger partial charge in [0.15, 0.2) is 6.61 Å². The van der Waals surface area contributed by atoms with Gasteiger partial charge in [0.05, 0.1) is 24.6 Å². The van der Waals surface area contributed by atoms with Gasteiger partial charge < -0.3 is 19.5 Å². The number of methoxy groups -OCH3 is 1. The minimum absolute atomic E-state index is 0.0415. The molecule has 1 N–H and O–H groups in total. The summed E-state index contributed by atoms with van der Waals surface area (Å²) in [5.41, 5.74) is 0.392. The lowest BCUT2D eigenvalue weighted by molar-refractivity contribution is -0.157. The predicted molar refractivity (Wildman–Crippen MR) is 90.7 cm³/mol. The first-order valence-corrected chi connectivity index (χ1v) is 8.86. The first kappa shape index (κ1) is 17.1. The third-order valence-corrected chi connectivity index (χ3v) is 5.77. The molecule has 5 atom stereocenters. The van der Waals surface area contributed by atoms with Gasteiger partial charge >= 0.3 is 11.9 Å². The van der Waals surface area contributed by atoms with Gasteiger partial charge in [-0.25, -0.2) is 0 Å². The summed E-state index contributed by atoms with van der Waals surface area (Å²) in [4.78, 5) is 36.5. The van der Waals surface area contributed by atoms with E-state index in [1.807, 2.05) is 0 Å². The number of anilines is 1. The van der Waals surface area contributed by atoms with E-state index in [-0.39, 0.29) is 23.9 Å². The number of hydrogen-bond donors (Lipinski definition) is 1. The maximum absolute atomic E-state index is 12.4. The summed E-state index contributed by atoms with van der Waals surface area (Å²) in [6.45, 7) is -0.437. The fourth-order valence-corrected chi connectivity index (χ4v) is 4.69. The molecule has 1 aliphatic heterocycles. The van der Waals surface area contributed by atoms with Crippen molar-refractivity contribution in [1.82, 2.24) is 0 Å². The summed E-state index contributed by atoms with van der Waals surface area (Å²) in [6, 6.07) is 4.81. The molecule has 2 bridgehead atoms. The zero-order valence-corrected chi connectivity index (χ0v) is 14.8. The lowest BCUT2D eigenvalue weighted by Crippen LogP contribution is -2.35. The van der Waals surface area contributed by atoms with E-state index < -0.39 is 30.3 Å². The van der Waals surface area contributed by atoms with Gasteiger partial charge in [-0.05, 0) is 37.0 Å². The predicted octanol–water partition coefficient (Wildman–Crippen LogP) is 2.03. The van der Waals surface area contributed by atoms with Gasteiger partial charge in [0, 0.05) is 10.9 Å². The van der Waals surface area contributed by atoms with Crippen molar-refractivity contribution in [3.8, 4) is 5.75 Å². The second kappa shape index (κ2) is 6.46. The highest BCUT2D eigenvalue weighted by molar-refractivity contribution is 6.31. The standard InChI is InChI=1S/C18H18ClNO6/c1-24-12-3-2-9(19)6-11(12)20-14(21)7-25-17(22)15-8-4-10-13(5-8)26-18(23)16(10)15/h2-3,6,8,10,13,15-16H,4-5,7H2,1H3,(H,20,21). The Balaban J connectivity index is 1.36. The van der Waals surface area contributed by atoms with E-state index in [2.05, 4.69) is 5.32 Å². The van der Waals surface area contributed by atoms with E-state index in [4.69, 9.17) is 25.8 Å². The number of fused-ring (bicyclic) bond motifs is 1. The highest BCUT2D eigenvalue weighted by atomic mass is 35.5. The van der Waals surface area contributed by atoms with Crippen LogP contribution in [-0.4, -0.2) is 37.7 Å². The van der Waals surface area contributed by atoms with Crippen molar-refractivity contribution < 1.29 is 28.6 Å². The van der Waals surface area contributed by atoms with Crippen molar-refractivity contribution in [2.75, 3.05) is 19.0 Å². The number of amides is 1. The molecule has 1 aromatic rings. The van der Waals surface area contributed by atoms with Gasteiger partial charge in [-0.2, -0.15) is 0 Å². The van der Waals surface area contributed by atoms with E-state index in [9.17, 15) is 14.4 Å². The van der Waals surface area contributed by atoms with Crippen LogP contribution < -0.4 is 10.1 Å². The molecule has 3 aliphatic rings. The van der Waals surface area contributed by atoms with Crippen molar-refractivity contribution in [3.05, 3.63) is 23.2 Å². The molecule has 1 amide bonds. The van der Waals surface area contributed by atoms with Gasteiger partial charge in [-0.15, -0.1) is 0 Å². The zero-order valence-electron chi connectivity index (χ0n) is 14.1. The third kappa shape index (κ3) is 2.80. The van der Waals surface area contributed by atoms with Crippen LogP contribution in [0.4, 0.5) is 5.69 Å². The Kier molecular flexibility index (Phi) is 4.26. The molecule has 4 rings (SSSR count). The number of esters is 2. The Hall–Kier alpha value is -2.28. The molecule has 1 saturated heterocycles. The number of halogens is 1. The Morgan fingerprint density at radius 2 is 2.15 bits per heavy atom. The summed E-state index contributed by atoms with van der Waals surface area (Å²) in [7, 11) is 1.47. The van der Waals surface area contributed by atoms with Gasteiger partial charge in [0.1, 0.15) is 11.9 Å². The molecule has 1 heterocycles. The summed E-state index contributed by atoms with van der Waals surface area (Å²) in [6.07, 6.45) is 1.48. The van der Waals surface area contributed by atoms with E-state index in [1.54, 1.807) is 18.2 Å². The summed E-state index contributed by atoms with van der Waals surface area (Å²) in [5.74, 6) is -1.57. The molecular formula is C18H18ClNO6. The van der Waals surface area contributed by atoms with Crippen LogP contribution in [0.3, 0.4) is 0 Å². The van der Waals surface area contributed by atoms with Crippen molar-refractivity contribution in [2.45, 2.75) is 18.9 Å². The summed E-state index contributed by atoms with van der Waals surface area (Å²) >= 11 is 5.92. The maximum Gasteiger partial charge on any atom is 0.310 e. The topological polar surface area (TPSA) is 90.9 Å². The second-order valence-corrected chi connectivity index (χ2v) is 7.36. The Morgan fingerprint density at radius 3 is 2.92 bits per heavy atom. The molecule has 5 unspecified atom stereocenters. The summed E-state index contributed by atoms with van der Waals surface area (Å²) < 4.78 is 15.6. The molecule has 0 radical (unpaired) electrons. The van der Waals surface area contributed by atoms with E-state index in [1.165, 1.54) is 7.11 Å². The SMILES string of the molecule is COc1ccc(Cl)cc1NC(=O)COC(=O)C1C2CC3OC(=O)C1C3C2. The average molecular weight is 380 g/mol. The molecule has 3 fully saturated rings. The fraction of sp³-hybridized carbons (Fsp3) is 0.500. The average Bonchev–Trinajstić information content (AvgIpc) is 3.22. The zero-order chi connectivity index (χ0) is 18.4. The highest BCUT2D eigenvalue weighted by Gasteiger charge is 2.64. The van der Waals surface area contributed by atoms with Crippen LogP contribution in [0, 0.1) is 23.7 Å². The lowest BCUT2D eigenvalue weighted by atomic mass is 9.80. The van der Waals surface area contributed by atoms with E-state index in [0.717, 1.165) is 6.42 Å². The third-order valence-electron chi connectivity index (χ3n) is 5.54. The Bertz CT molecular complexity index is 779. The normalized spacial score (nSPS) is 30.8. The number of benzene rings is 1. The first-order chi connectivity index (χ1) is 12.5. The number of carbonyl (C=O) groups excluding carboxylic acids is 3. The fourth-order valence-electron chi connectivity index (χ4n) is 4.52. The largest absolute Gasteiger partial charge is 0.495 e. The van der Waals surface area contributed by atoms with Crippen molar-refractivity contribution in [3.63, 3.8) is 0 Å². The van der Waals surface area contributed by atoms with Crippen LogP contribution in [0.2, 0.25) is 5.02 Å². The molecule has 0 aromatic heterocycles. The van der Waals surface area contributed by atoms with Crippen LogP contribution in [0.1, 0.15) is 12.8 Å². The van der Waals surface area contributed by atoms with Crippen molar-refractivity contribution in [1.29, 1.82) is 0 Å². The minimum atomic E-state index is -0.506. The Morgan fingerprint density at radius 1 is 1.35 bits per heavy atom. The van der Waals surface area contributed by atoms with E-state index >= 15 is 0 Å². The quantitative estimate of drug-likeness (QED) is 0.787. The molecule has 0 spiro atoms. The van der Waals surface area contributed by atoms with Gasteiger partial charge in [0.25, 0.3) is 5.91 Å².